The van der Waals surface area contributed by atoms with Crippen LogP contribution >= 0.6 is 0 Å². The summed E-state index contributed by atoms with van der Waals surface area (Å²) in [5.41, 5.74) is 1.11. The summed E-state index contributed by atoms with van der Waals surface area (Å²) in [6.07, 6.45) is 1.36. The maximum Gasteiger partial charge on any atom is 0.143 e. The van der Waals surface area contributed by atoms with Gasteiger partial charge in [-0.15, -0.1) is 0 Å². The molecule has 0 spiro atoms. The first-order valence-electron chi connectivity index (χ1n) is 2.97. The van der Waals surface area contributed by atoms with Crippen LogP contribution in [0.1, 0.15) is 13.3 Å². The van der Waals surface area contributed by atoms with E-state index in [0.29, 0.717) is 9.04 Å². The standard InChI is InChI=1S/C4H12OSi2/c1-4-2-3-5-7-6-4/h4H,2-3,6-7H2,1H3. The highest BCUT2D eigenvalue weighted by Crippen LogP contribution is 2.09. The summed E-state index contributed by atoms with van der Waals surface area (Å²) >= 11 is 0. The molecule has 1 aliphatic heterocycles. The van der Waals surface area contributed by atoms with Crippen molar-refractivity contribution in [1.82, 2.24) is 0 Å². The van der Waals surface area contributed by atoms with Crippen molar-refractivity contribution in [2.24, 2.45) is 0 Å². The highest BCUT2D eigenvalue weighted by atomic mass is 29.2. The molecule has 0 aromatic carbocycles. The normalized spacial score (nSPS) is 39.9. The Bertz CT molecular complexity index is 51.7. The Labute approximate surface area is 49.0 Å². The third kappa shape index (κ3) is 1.75. The molecule has 1 saturated heterocycles. The zero-order chi connectivity index (χ0) is 5.11. The van der Waals surface area contributed by atoms with E-state index in [1.807, 2.05) is 0 Å². The SMILES string of the molecule is CC1CCO[SiH2][SiH2]1. The van der Waals surface area contributed by atoms with Gasteiger partial charge < -0.3 is 4.43 Å². The van der Waals surface area contributed by atoms with Crippen molar-refractivity contribution in [3.05, 3.63) is 0 Å². The van der Waals surface area contributed by atoms with Crippen LogP contribution in [0.3, 0.4) is 0 Å². The second kappa shape index (κ2) is 2.64. The van der Waals surface area contributed by atoms with Crippen LogP contribution in [0.2, 0.25) is 5.54 Å². The fraction of sp³-hybridized carbons (Fsp3) is 1.00. The molecule has 1 nitrogen and oxygen atoms in total. The summed E-state index contributed by atoms with van der Waals surface area (Å²) in [5.74, 6) is 0. The van der Waals surface area contributed by atoms with Crippen molar-refractivity contribution in [2.45, 2.75) is 18.9 Å². The van der Waals surface area contributed by atoms with E-state index in [4.69, 9.17) is 4.43 Å². The molecule has 1 atom stereocenters. The quantitative estimate of drug-likeness (QED) is 0.399. The van der Waals surface area contributed by atoms with Gasteiger partial charge in [0.2, 0.25) is 0 Å². The first kappa shape index (κ1) is 5.53. The van der Waals surface area contributed by atoms with Crippen molar-refractivity contribution in [3.8, 4) is 0 Å². The number of rotatable bonds is 0. The average Bonchev–Trinajstić information content (AvgIpc) is 1.69. The zero-order valence-electron chi connectivity index (χ0n) is 4.81. The lowest BCUT2D eigenvalue weighted by atomic mass is 10.3. The van der Waals surface area contributed by atoms with Crippen LogP contribution in [0.5, 0.6) is 0 Å². The summed E-state index contributed by atoms with van der Waals surface area (Å²) in [4.78, 5) is 0. The van der Waals surface area contributed by atoms with Crippen molar-refractivity contribution >= 4 is 18.3 Å². The predicted molar refractivity (Wildman–Crippen MR) is 37.1 cm³/mol. The second-order valence-electron chi connectivity index (χ2n) is 2.29. The molecule has 0 bridgehead atoms. The summed E-state index contributed by atoms with van der Waals surface area (Å²) < 4.78 is 5.34. The molecule has 0 N–H and O–H groups in total. The van der Waals surface area contributed by atoms with Gasteiger partial charge >= 0.3 is 0 Å². The van der Waals surface area contributed by atoms with Gasteiger partial charge in [0.1, 0.15) is 9.28 Å². The maximum atomic E-state index is 5.34. The highest BCUT2D eigenvalue weighted by Gasteiger charge is 2.07. The third-order valence-corrected chi connectivity index (χ3v) is 8.25. The molecule has 7 heavy (non-hydrogen) atoms. The summed E-state index contributed by atoms with van der Waals surface area (Å²) in [7, 11) is 0.449. The fourth-order valence-corrected chi connectivity index (χ4v) is 5.40. The smallest absolute Gasteiger partial charge is 0.143 e. The molecule has 1 unspecified atom stereocenters. The van der Waals surface area contributed by atoms with E-state index in [1.165, 1.54) is 6.42 Å². The average molecular weight is 132 g/mol. The molecule has 0 saturated carbocycles. The minimum atomic E-state index is 0.0999. The van der Waals surface area contributed by atoms with Gasteiger partial charge in [-0.3, -0.25) is 0 Å². The largest absolute Gasteiger partial charge is 0.428 e. The molecule has 1 heterocycles. The number of hydrogen-bond donors (Lipinski definition) is 0. The first-order chi connectivity index (χ1) is 3.39. The summed E-state index contributed by atoms with van der Waals surface area (Å²) in [5, 5.41) is 0. The molecule has 0 aromatic rings. The van der Waals surface area contributed by atoms with Crippen LogP contribution in [0.4, 0.5) is 0 Å². The van der Waals surface area contributed by atoms with Gasteiger partial charge in [-0.25, -0.2) is 0 Å². The van der Waals surface area contributed by atoms with Gasteiger partial charge in [-0.05, 0) is 6.42 Å². The molecule has 42 valence electrons. The topological polar surface area (TPSA) is 9.23 Å². The van der Waals surface area contributed by atoms with E-state index >= 15 is 0 Å². The second-order valence-corrected chi connectivity index (χ2v) is 8.04. The van der Waals surface area contributed by atoms with Gasteiger partial charge in [0.25, 0.3) is 0 Å². The predicted octanol–water partition coefficient (Wildman–Crippen LogP) is -0.617. The Kier molecular flexibility index (Phi) is 2.09. The van der Waals surface area contributed by atoms with Gasteiger partial charge in [-0.1, -0.05) is 12.5 Å². The van der Waals surface area contributed by atoms with Crippen molar-refractivity contribution < 1.29 is 4.43 Å². The molecule has 1 rings (SSSR count). The Morgan fingerprint density at radius 1 is 1.71 bits per heavy atom. The van der Waals surface area contributed by atoms with Gasteiger partial charge in [-0.2, -0.15) is 0 Å². The molecule has 3 heteroatoms. The van der Waals surface area contributed by atoms with E-state index in [-0.39, 0.29) is 9.28 Å². The Morgan fingerprint density at radius 2 is 2.57 bits per heavy atom. The first-order valence-corrected chi connectivity index (χ1v) is 8.37. The van der Waals surface area contributed by atoms with Crippen LogP contribution in [-0.2, 0) is 4.43 Å². The Morgan fingerprint density at radius 3 is 2.86 bits per heavy atom. The molecule has 0 aromatic heterocycles. The van der Waals surface area contributed by atoms with Crippen LogP contribution in [0, 0.1) is 0 Å². The van der Waals surface area contributed by atoms with E-state index in [1.54, 1.807) is 0 Å². The van der Waals surface area contributed by atoms with E-state index in [2.05, 4.69) is 6.92 Å². The molecule has 0 amide bonds. The molecular weight excluding hydrogens is 120 g/mol. The van der Waals surface area contributed by atoms with E-state index in [0.717, 1.165) is 12.1 Å². The summed E-state index contributed by atoms with van der Waals surface area (Å²) in [6.45, 7) is 3.46. The minimum Gasteiger partial charge on any atom is -0.428 e. The minimum absolute atomic E-state index is 0.0999. The van der Waals surface area contributed by atoms with Crippen molar-refractivity contribution in [1.29, 1.82) is 0 Å². The van der Waals surface area contributed by atoms with E-state index < -0.39 is 0 Å². The number of hydrogen-bond acceptors (Lipinski definition) is 1. The zero-order valence-corrected chi connectivity index (χ0v) is 7.64. The van der Waals surface area contributed by atoms with Crippen molar-refractivity contribution in [3.63, 3.8) is 0 Å². The third-order valence-electron chi connectivity index (χ3n) is 1.51. The lowest BCUT2D eigenvalue weighted by Crippen LogP contribution is -2.21. The molecule has 0 aliphatic carbocycles. The lowest BCUT2D eigenvalue weighted by molar-refractivity contribution is 0.325. The molecule has 0 radical (unpaired) electrons. The molecular formula is C4H12OSi2. The lowest BCUT2D eigenvalue weighted by Gasteiger charge is -2.15. The Hall–Kier alpha value is 0.394. The monoisotopic (exact) mass is 132 g/mol. The van der Waals surface area contributed by atoms with Gasteiger partial charge in [0.15, 0.2) is 0 Å². The van der Waals surface area contributed by atoms with E-state index in [9.17, 15) is 0 Å². The van der Waals surface area contributed by atoms with Crippen LogP contribution in [-0.4, -0.2) is 24.9 Å². The van der Waals surface area contributed by atoms with Gasteiger partial charge in [0.05, 0.1) is 0 Å². The molecule has 1 aliphatic rings. The van der Waals surface area contributed by atoms with Crippen molar-refractivity contribution in [2.75, 3.05) is 6.61 Å². The highest BCUT2D eigenvalue weighted by molar-refractivity contribution is 6.98. The summed E-state index contributed by atoms with van der Waals surface area (Å²) in [6, 6.07) is 0. The fourth-order valence-electron chi connectivity index (χ4n) is 0.815. The van der Waals surface area contributed by atoms with Gasteiger partial charge in [0, 0.05) is 15.6 Å². The molecule has 1 fully saturated rings. The Balaban J connectivity index is 2.12. The maximum absolute atomic E-state index is 5.34. The van der Waals surface area contributed by atoms with Crippen LogP contribution in [0.15, 0.2) is 0 Å². The van der Waals surface area contributed by atoms with Crippen LogP contribution in [0.25, 0.3) is 0 Å². The van der Waals surface area contributed by atoms with Crippen LogP contribution < -0.4 is 0 Å².